The fourth-order valence-corrected chi connectivity index (χ4v) is 5.20. The summed E-state index contributed by atoms with van der Waals surface area (Å²) < 4.78 is 28.0. The Hall–Kier alpha value is -2.07. The number of aromatic carboxylic acids is 1. The van der Waals surface area contributed by atoms with Crippen LogP contribution in [0.15, 0.2) is 12.4 Å². The smallest absolute Gasteiger partial charge is 0.356 e. The number of carbonyl (C=O) groups is 2. The van der Waals surface area contributed by atoms with E-state index >= 15 is 0 Å². The van der Waals surface area contributed by atoms with E-state index in [1.54, 1.807) is 0 Å². The van der Waals surface area contributed by atoms with E-state index in [1.807, 2.05) is 0 Å². The molecule has 1 aromatic heterocycles. The molecule has 1 aliphatic carbocycles. The summed E-state index contributed by atoms with van der Waals surface area (Å²) in [6.45, 7) is 0.542. The maximum Gasteiger partial charge on any atom is 0.356 e. The van der Waals surface area contributed by atoms with Crippen molar-refractivity contribution in [1.29, 1.82) is 0 Å². The average molecular weight is 382 g/mol. The first kappa shape index (κ1) is 18.7. The lowest BCUT2D eigenvalue weighted by Gasteiger charge is -2.32. The number of hydrogen-bond acceptors (Lipinski definition) is 6. The van der Waals surface area contributed by atoms with Crippen LogP contribution in [0.5, 0.6) is 0 Å². The Labute approximate surface area is 151 Å². The highest BCUT2D eigenvalue weighted by Crippen LogP contribution is 2.22. The Kier molecular flexibility index (Phi) is 5.52. The summed E-state index contributed by atoms with van der Waals surface area (Å²) in [6, 6.07) is 0.000470. The number of piperidine rings is 1. The van der Waals surface area contributed by atoms with Gasteiger partial charge in [0.25, 0.3) is 5.91 Å². The monoisotopic (exact) mass is 382 g/mol. The SMILES string of the molecule is O=C(O)c1cnc(C(=O)N2CCCC(S(=O)(=O)NC3CCCC3)C2)cn1. The van der Waals surface area contributed by atoms with Crippen molar-refractivity contribution < 1.29 is 23.1 Å². The van der Waals surface area contributed by atoms with Gasteiger partial charge in [-0.1, -0.05) is 12.8 Å². The predicted molar refractivity (Wildman–Crippen MR) is 92.2 cm³/mol. The van der Waals surface area contributed by atoms with Gasteiger partial charge >= 0.3 is 5.97 Å². The number of carboxylic acid groups (broad SMARTS) is 1. The van der Waals surface area contributed by atoms with E-state index < -0.39 is 27.1 Å². The third-order valence-electron chi connectivity index (χ3n) is 4.88. The molecular formula is C16H22N4O5S. The zero-order valence-electron chi connectivity index (χ0n) is 14.3. The van der Waals surface area contributed by atoms with Crippen molar-refractivity contribution in [3.8, 4) is 0 Å². The van der Waals surface area contributed by atoms with Crippen LogP contribution < -0.4 is 4.72 Å². The average Bonchev–Trinajstić information content (AvgIpc) is 3.13. The van der Waals surface area contributed by atoms with Crippen LogP contribution in [-0.2, 0) is 10.0 Å². The molecule has 9 nitrogen and oxygen atoms in total. The molecule has 2 heterocycles. The molecule has 2 N–H and O–H groups in total. The van der Waals surface area contributed by atoms with Crippen molar-refractivity contribution in [2.24, 2.45) is 0 Å². The molecular weight excluding hydrogens is 360 g/mol. The van der Waals surface area contributed by atoms with Crippen LogP contribution in [0.25, 0.3) is 0 Å². The van der Waals surface area contributed by atoms with E-state index in [0.717, 1.165) is 38.1 Å². The topological polar surface area (TPSA) is 130 Å². The van der Waals surface area contributed by atoms with E-state index in [-0.39, 0.29) is 24.0 Å². The quantitative estimate of drug-likeness (QED) is 0.764. The second kappa shape index (κ2) is 7.67. The van der Waals surface area contributed by atoms with E-state index in [2.05, 4.69) is 14.7 Å². The molecule has 1 saturated heterocycles. The van der Waals surface area contributed by atoms with Gasteiger partial charge in [-0.3, -0.25) is 4.79 Å². The number of carboxylic acids is 1. The molecule has 2 fully saturated rings. The van der Waals surface area contributed by atoms with Gasteiger partial charge in [-0.05, 0) is 25.7 Å². The Morgan fingerprint density at radius 3 is 2.35 bits per heavy atom. The van der Waals surface area contributed by atoms with Gasteiger partial charge in [0, 0.05) is 19.1 Å². The first-order valence-electron chi connectivity index (χ1n) is 8.72. The zero-order valence-corrected chi connectivity index (χ0v) is 15.1. The lowest BCUT2D eigenvalue weighted by molar-refractivity contribution is 0.0682. The van der Waals surface area contributed by atoms with Gasteiger partial charge in [-0.15, -0.1) is 0 Å². The van der Waals surface area contributed by atoms with Gasteiger partial charge in [0.1, 0.15) is 5.69 Å². The Balaban J connectivity index is 1.67. The van der Waals surface area contributed by atoms with Gasteiger partial charge < -0.3 is 10.0 Å². The van der Waals surface area contributed by atoms with Gasteiger partial charge in [0.05, 0.1) is 17.6 Å². The first-order valence-corrected chi connectivity index (χ1v) is 10.3. The lowest BCUT2D eigenvalue weighted by Crippen LogP contribution is -2.50. The van der Waals surface area contributed by atoms with Gasteiger partial charge in [0.2, 0.25) is 10.0 Å². The summed E-state index contributed by atoms with van der Waals surface area (Å²) in [5.74, 6) is -1.66. The van der Waals surface area contributed by atoms with Crippen molar-refractivity contribution in [2.75, 3.05) is 13.1 Å². The van der Waals surface area contributed by atoms with E-state index in [4.69, 9.17) is 5.11 Å². The largest absolute Gasteiger partial charge is 0.476 e. The highest BCUT2D eigenvalue weighted by atomic mass is 32.2. The number of sulfonamides is 1. The number of hydrogen-bond donors (Lipinski definition) is 2. The molecule has 1 atom stereocenters. The summed E-state index contributed by atoms with van der Waals surface area (Å²) in [5.41, 5.74) is -0.238. The number of aromatic nitrogens is 2. The molecule has 26 heavy (non-hydrogen) atoms. The predicted octanol–water partition coefficient (Wildman–Crippen LogP) is 0.641. The number of nitrogens with zero attached hydrogens (tertiary/aromatic N) is 3. The second-order valence-electron chi connectivity index (χ2n) is 6.75. The number of carbonyl (C=O) groups excluding carboxylic acids is 1. The lowest BCUT2D eigenvalue weighted by atomic mass is 10.1. The highest BCUT2D eigenvalue weighted by molar-refractivity contribution is 7.90. The Morgan fingerprint density at radius 2 is 1.73 bits per heavy atom. The molecule has 1 unspecified atom stereocenters. The van der Waals surface area contributed by atoms with E-state index in [9.17, 15) is 18.0 Å². The minimum Gasteiger partial charge on any atom is -0.476 e. The van der Waals surface area contributed by atoms with Gasteiger partial charge in [0.15, 0.2) is 5.69 Å². The zero-order chi connectivity index (χ0) is 18.7. The van der Waals surface area contributed by atoms with Crippen molar-refractivity contribution >= 4 is 21.9 Å². The first-order chi connectivity index (χ1) is 12.4. The molecule has 2 aliphatic rings. The highest BCUT2D eigenvalue weighted by Gasteiger charge is 2.35. The Bertz CT molecular complexity index is 774. The van der Waals surface area contributed by atoms with Crippen LogP contribution >= 0.6 is 0 Å². The van der Waals surface area contributed by atoms with Crippen LogP contribution in [-0.4, -0.2) is 64.6 Å². The van der Waals surface area contributed by atoms with E-state index in [0.29, 0.717) is 19.4 Å². The fraction of sp³-hybridized carbons (Fsp3) is 0.625. The van der Waals surface area contributed by atoms with Gasteiger partial charge in [-0.25, -0.2) is 27.9 Å². The summed E-state index contributed by atoms with van der Waals surface area (Å²) in [7, 11) is -3.49. The molecule has 1 saturated carbocycles. The molecule has 1 aliphatic heterocycles. The van der Waals surface area contributed by atoms with Crippen molar-refractivity contribution in [3.05, 3.63) is 23.8 Å². The standard InChI is InChI=1S/C16H22N4O5S/c21-15(13-8-18-14(9-17-13)16(22)23)20-7-3-6-12(10-20)26(24,25)19-11-4-1-2-5-11/h8-9,11-12,19H,1-7,10H2,(H,22,23). The number of amides is 1. The molecule has 1 aromatic rings. The Morgan fingerprint density at radius 1 is 1.08 bits per heavy atom. The van der Waals surface area contributed by atoms with Crippen LogP contribution in [0.1, 0.15) is 59.5 Å². The molecule has 142 valence electrons. The third kappa shape index (κ3) is 4.18. The summed E-state index contributed by atoms with van der Waals surface area (Å²) in [6.07, 6.45) is 7.02. The number of likely N-dealkylation sites (tertiary alicyclic amines) is 1. The normalized spacial score (nSPS) is 21.7. The van der Waals surface area contributed by atoms with Crippen LogP contribution in [0.3, 0.4) is 0 Å². The number of rotatable bonds is 5. The molecule has 10 heteroatoms. The molecule has 0 spiro atoms. The van der Waals surface area contributed by atoms with Crippen molar-refractivity contribution in [1.82, 2.24) is 19.6 Å². The van der Waals surface area contributed by atoms with Crippen LogP contribution in [0, 0.1) is 0 Å². The van der Waals surface area contributed by atoms with Gasteiger partial charge in [-0.2, -0.15) is 0 Å². The summed E-state index contributed by atoms with van der Waals surface area (Å²) in [5, 5.41) is 8.19. The molecule has 0 aromatic carbocycles. The molecule has 3 rings (SSSR count). The minimum absolute atomic E-state index is 0.000470. The molecule has 0 radical (unpaired) electrons. The van der Waals surface area contributed by atoms with Crippen molar-refractivity contribution in [3.63, 3.8) is 0 Å². The summed E-state index contributed by atoms with van der Waals surface area (Å²) in [4.78, 5) is 32.4. The van der Waals surface area contributed by atoms with Crippen molar-refractivity contribution in [2.45, 2.75) is 49.8 Å². The molecule has 1 amide bonds. The minimum atomic E-state index is -3.49. The summed E-state index contributed by atoms with van der Waals surface area (Å²) >= 11 is 0. The van der Waals surface area contributed by atoms with Crippen LogP contribution in [0.4, 0.5) is 0 Å². The van der Waals surface area contributed by atoms with Crippen LogP contribution in [0.2, 0.25) is 0 Å². The van der Waals surface area contributed by atoms with E-state index in [1.165, 1.54) is 4.90 Å². The maximum absolute atomic E-state index is 12.6. The third-order valence-corrected chi connectivity index (χ3v) is 6.80. The fourth-order valence-electron chi connectivity index (χ4n) is 3.46. The number of nitrogens with one attached hydrogen (secondary N) is 1. The molecule has 0 bridgehead atoms. The maximum atomic E-state index is 12.6. The second-order valence-corrected chi connectivity index (χ2v) is 8.74.